The van der Waals surface area contributed by atoms with Crippen molar-refractivity contribution in [2.75, 3.05) is 18.0 Å². The zero-order valence-electron chi connectivity index (χ0n) is 11.5. The molecule has 3 nitrogen and oxygen atoms in total. The summed E-state index contributed by atoms with van der Waals surface area (Å²) in [5, 5.41) is 3.61. The number of halogens is 2. The zero-order chi connectivity index (χ0) is 13.8. The van der Waals surface area contributed by atoms with E-state index in [9.17, 15) is 0 Å². The number of aromatic nitrogens is 1. The molecule has 1 aliphatic rings. The van der Waals surface area contributed by atoms with E-state index in [1.165, 1.54) is 19.3 Å². The molecule has 0 aliphatic carbocycles. The van der Waals surface area contributed by atoms with E-state index in [-0.39, 0.29) is 0 Å². The fourth-order valence-electron chi connectivity index (χ4n) is 2.48. The Morgan fingerprint density at radius 3 is 2.79 bits per heavy atom. The number of piperidine rings is 1. The maximum atomic E-state index is 4.57. The van der Waals surface area contributed by atoms with Crippen molar-refractivity contribution in [1.29, 1.82) is 0 Å². The highest BCUT2D eigenvalue weighted by atomic mass is 79.9. The molecule has 1 atom stereocenters. The quantitative estimate of drug-likeness (QED) is 0.843. The Kier molecular flexibility index (Phi) is 5.66. The molecule has 0 aromatic carbocycles. The third kappa shape index (κ3) is 4.17. The van der Waals surface area contributed by atoms with Gasteiger partial charge in [0.05, 0.1) is 4.47 Å². The molecule has 19 heavy (non-hydrogen) atoms. The van der Waals surface area contributed by atoms with Crippen molar-refractivity contribution in [1.82, 2.24) is 10.3 Å². The Hall–Kier alpha value is -0.130. The second-order valence-corrected chi connectivity index (χ2v) is 7.12. The molecule has 0 radical (unpaired) electrons. The summed E-state index contributed by atoms with van der Waals surface area (Å²) >= 11 is 7.08. The lowest BCUT2D eigenvalue weighted by Crippen LogP contribution is -2.46. The van der Waals surface area contributed by atoms with E-state index < -0.39 is 0 Å². The predicted molar refractivity (Wildman–Crippen MR) is 87.8 cm³/mol. The van der Waals surface area contributed by atoms with Crippen LogP contribution in [0.25, 0.3) is 0 Å². The molecule has 1 unspecified atom stereocenters. The Morgan fingerprint density at radius 2 is 2.21 bits per heavy atom. The predicted octanol–water partition coefficient (Wildman–Crippen LogP) is 3.96. The summed E-state index contributed by atoms with van der Waals surface area (Å²) in [6, 6.07) is 3.08. The van der Waals surface area contributed by atoms with Crippen LogP contribution < -0.4 is 10.2 Å². The van der Waals surface area contributed by atoms with Gasteiger partial charge in [0.25, 0.3) is 0 Å². The van der Waals surface area contributed by atoms with Gasteiger partial charge in [-0.25, -0.2) is 4.98 Å². The monoisotopic (exact) mass is 389 g/mol. The second kappa shape index (κ2) is 7.04. The van der Waals surface area contributed by atoms with E-state index in [2.05, 4.69) is 67.0 Å². The fourth-order valence-corrected chi connectivity index (χ4v) is 3.69. The lowest BCUT2D eigenvalue weighted by atomic mass is 10.0. The lowest BCUT2D eigenvalue weighted by molar-refractivity contribution is 0.392. The van der Waals surface area contributed by atoms with Crippen molar-refractivity contribution in [3.8, 4) is 0 Å². The molecule has 2 rings (SSSR count). The van der Waals surface area contributed by atoms with Gasteiger partial charge in [0.1, 0.15) is 5.82 Å². The number of pyridine rings is 1. The van der Waals surface area contributed by atoms with Crippen molar-refractivity contribution >= 4 is 37.7 Å². The van der Waals surface area contributed by atoms with Gasteiger partial charge in [0.15, 0.2) is 0 Å². The number of hydrogen-bond acceptors (Lipinski definition) is 3. The number of nitrogens with zero attached hydrogens (tertiary/aromatic N) is 2. The van der Waals surface area contributed by atoms with Gasteiger partial charge in [-0.3, -0.25) is 0 Å². The first-order chi connectivity index (χ1) is 9.08. The standard InChI is InChI=1S/C14H21Br2N3/c1-10(2)19(9-12-5-3-4-6-17-12)14-13(16)7-11(15)8-18-14/h7-8,10,12,17H,3-6,9H2,1-2H3. The van der Waals surface area contributed by atoms with Gasteiger partial charge in [0, 0.05) is 29.3 Å². The molecule has 2 heterocycles. The Labute approximate surface area is 132 Å². The molecule has 0 spiro atoms. The minimum Gasteiger partial charge on any atom is -0.352 e. The van der Waals surface area contributed by atoms with Crippen molar-refractivity contribution in [3.05, 3.63) is 21.2 Å². The van der Waals surface area contributed by atoms with E-state index >= 15 is 0 Å². The molecule has 1 saturated heterocycles. The van der Waals surface area contributed by atoms with Crippen LogP contribution in [0.5, 0.6) is 0 Å². The highest BCUT2D eigenvalue weighted by Gasteiger charge is 2.21. The number of anilines is 1. The first-order valence-corrected chi connectivity index (χ1v) is 8.47. The summed E-state index contributed by atoms with van der Waals surface area (Å²) in [6.45, 7) is 6.61. The van der Waals surface area contributed by atoms with Crippen LogP contribution in [0.3, 0.4) is 0 Å². The number of rotatable bonds is 4. The normalized spacial score (nSPS) is 19.7. The highest BCUT2D eigenvalue weighted by molar-refractivity contribution is 9.11. The first-order valence-electron chi connectivity index (χ1n) is 6.89. The van der Waals surface area contributed by atoms with Gasteiger partial charge < -0.3 is 10.2 Å². The summed E-state index contributed by atoms with van der Waals surface area (Å²) in [5.41, 5.74) is 0. The van der Waals surface area contributed by atoms with Gasteiger partial charge in [-0.1, -0.05) is 6.42 Å². The molecule has 1 aromatic heterocycles. The molecule has 106 valence electrons. The van der Waals surface area contributed by atoms with Gasteiger partial charge in [-0.15, -0.1) is 0 Å². The van der Waals surface area contributed by atoms with E-state index in [1.807, 2.05) is 6.20 Å². The van der Waals surface area contributed by atoms with Crippen molar-refractivity contribution < 1.29 is 0 Å². The van der Waals surface area contributed by atoms with Crippen molar-refractivity contribution in [3.63, 3.8) is 0 Å². The molecule has 0 amide bonds. The van der Waals surface area contributed by atoms with Crippen molar-refractivity contribution in [2.45, 2.75) is 45.2 Å². The third-order valence-electron chi connectivity index (χ3n) is 3.51. The van der Waals surface area contributed by atoms with Crippen LogP contribution in [0, 0.1) is 0 Å². The molecule has 0 bridgehead atoms. The summed E-state index contributed by atoms with van der Waals surface area (Å²) in [7, 11) is 0. The molecular formula is C14H21Br2N3. The maximum Gasteiger partial charge on any atom is 0.143 e. The van der Waals surface area contributed by atoms with Gasteiger partial charge in [0.2, 0.25) is 0 Å². The Balaban J connectivity index is 2.14. The van der Waals surface area contributed by atoms with Crippen LogP contribution in [0.4, 0.5) is 5.82 Å². The fraction of sp³-hybridized carbons (Fsp3) is 0.643. The average Bonchev–Trinajstić information content (AvgIpc) is 2.38. The number of nitrogens with one attached hydrogen (secondary N) is 1. The van der Waals surface area contributed by atoms with Crippen LogP contribution in [0.2, 0.25) is 0 Å². The Morgan fingerprint density at radius 1 is 1.42 bits per heavy atom. The van der Waals surface area contributed by atoms with Gasteiger partial charge in [-0.2, -0.15) is 0 Å². The molecule has 5 heteroatoms. The summed E-state index contributed by atoms with van der Waals surface area (Å²) in [5.74, 6) is 1.03. The zero-order valence-corrected chi connectivity index (χ0v) is 14.7. The SMILES string of the molecule is CC(C)N(CC1CCCCN1)c1ncc(Br)cc1Br. The van der Waals surface area contributed by atoms with E-state index in [4.69, 9.17) is 0 Å². The second-order valence-electron chi connectivity index (χ2n) is 5.35. The molecule has 1 aliphatic heterocycles. The first kappa shape index (κ1) is 15.3. The van der Waals surface area contributed by atoms with E-state index in [1.54, 1.807) is 0 Å². The summed E-state index contributed by atoms with van der Waals surface area (Å²) < 4.78 is 2.05. The van der Waals surface area contributed by atoms with E-state index in [0.717, 1.165) is 27.9 Å². The maximum absolute atomic E-state index is 4.57. The number of hydrogen-bond donors (Lipinski definition) is 1. The van der Waals surface area contributed by atoms with Crippen LogP contribution in [-0.4, -0.2) is 30.2 Å². The molecular weight excluding hydrogens is 370 g/mol. The molecule has 0 saturated carbocycles. The van der Waals surface area contributed by atoms with Crippen LogP contribution >= 0.6 is 31.9 Å². The molecule has 1 N–H and O–H groups in total. The van der Waals surface area contributed by atoms with Crippen molar-refractivity contribution in [2.24, 2.45) is 0 Å². The third-order valence-corrected chi connectivity index (χ3v) is 4.53. The lowest BCUT2D eigenvalue weighted by Gasteiger charge is -2.34. The van der Waals surface area contributed by atoms with Gasteiger partial charge in [-0.05, 0) is 71.2 Å². The largest absolute Gasteiger partial charge is 0.352 e. The summed E-state index contributed by atoms with van der Waals surface area (Å²) in [4.78, 5) is 6.94. The van der Waals surface area contributed by atoms with Crippen LogP contribution in [0.1, 0.15) is 33.1 Å². The van der Waals surface area contributed by atoms with Crippen LogP contribution in [0.15, 0.2) is 21.2 Å². The molecule has 1 fully saturated rings. The molecule has 1 aromatic rings. The van der Waals surface area contributed by atoms with Crippen LogP contribution in [-0.2, 0) is 0 Å². The minimum absolute atomic E-state index is 0.439. The smallest absolute Gasteiger partial charge is 0.143 e. The van der Waals surface area contributed by atoms with Gasteiger partial charge >= 0.3 is 0 Å². The average molecular weight is 391 g/mol. The highest BCUT2D eigenvalue weighted by Crippen LogP contribution is 2.28. The Bertz CT molecular complexity index is 417. The topological polar surface area (TPSA) is 28.2 Å². The minimum atomic E-state index is 0.439. The summed E-state index contributed by atoms with van der Waals surface area (Å²) in [6.07, 6.45) is 5.76. The van der Waals surface area contributed by atoms with E-state index in [0.29, 0.717) is 12.1 Å².